The summed E-state index contributed by atoms with van der Waals surface area (Å²) in [4.78, 5) is 12.3. The summed E-state index contributed by atoms with van der Waals surface area (Å²) >= 11 is 0. The number of carbonyl (C=O) groups excluding carboxylic acids is 1. The second-order valence-corrected chi connectivity index (χ2v) is 6.89. The summed E-state index contributed by atoms with van der Waals surface area (Å²) in [5.74, 6) is 0.591. The Hall–Kier alpha value is -3.03. The SMILES string of the molecule is CCCC(CCC)C(=O)NCCOc1ccc2nnc(-c3cccc(F)c3)n2n1. The number of ether oxygens (including phenoxy) is 1. The molecule has 154 valence electrons. The van der Waals surface area contributed by atoms with E-state index in [1.54, 1.807) is 24.3 Å². The molecule has 0 atom stereocenters. The number of amides is 1. The molecule has 7 nitrogen and oxygen atoms in total. The molecule has 1 N–H and O–H groups in total. The number of aromatic nitrogens is 4. The second-order valence-electron chi connectivity index (χ2n) is 6.89. The highest BCUT2D eigenvalue weighted by Gasteiger charge is 2.16. The molecule has 2 heterocycles. The summed E-state index contributed by atoms with van der Waals surface area (Å²) in [7, 11) is 0. The van der Waals surface area contributed by atoms with Crippen molar-refractivity contribution in [2.75, 3.05) is 13.2 Å². The first kappa shape index (κ1) is 20.7. The predicted molar refractivity (Wildman–Crippen MR) is 108 cm³/mol. The van der Waals surface area contributed by atoms with Gasteiger partial charge in [0.1, 0.15) is 12.4 Å². The van der Waals surface area contributed by atoms with E-state index in [4.69, 9.17) is 4.74 Å². The monoisotopic (exact) mass is 399 g/mol. The van der Waals surface area contributed by atoms with E-state index in [0.717, 1.165) is 25.7 Å². The summed E-state index contributed by atoms with van der Waals surface area (Å²) in [6.45, 7) is 4.88. The third-order valence-electron chi connectivity index (χ3n) is 4.62. The molecule has 2 aromatic heterocycles. The van der Waals surface area contributed by atoms with E-state index in [9.17, 15) is 9.18 Å². The van der Waals surface area contributed by atoms with Crippen molar-refractivity contribution in [3.8, 4) is 17.3 Å². The van der Waals surface area contributed by atoms with Crippen LogP contribution in [0.1, 0.15) is 39.5 Å². The molecule has 0 spiro atoms. The molecule has 3 rings (SSSR count). The number of fused-ring (bicyclic) bond motifs is 1. The number of nitrogens with one attached hydrogen (secondary N) is 1. The van der Waals surface area contributed by atoms with Crippen LogP contribution in [0.2, 0.25) is 0 Å². The highest BCUT2D eigenvalue weighted by atomic mass is 19.1. The van der Waals surface area contributed by atoms with Crippen LogP contribution in [-0.2, 0) is 4.79 Å². The number of hydrogen-bond donors (Lipinski definition) is 1. The minimum absolute atomic E-state index is 0.0605. The lowest BCUT2D eigenvalue weighted by Crippen LogP contribution is -2.33. The molecule has 3 aromatic rings. The number of nitrogens with zero attached hydrogens (tertiary/aromatic N) is 4. The normalized spacial score (nSPS) is 11.2. The van der Waals surface area contributed by atoms with Gasteiger partial charge < -0.3 is 10.1 Å². The smallest absolute Gasteiger partial charge is 0.231 e. The topological polar surface area (TPSA) is 81.4 Å². The van der Waals surface area contributed by atoms with Crippen LogP contribution in [0.4, 0.5) is 4.39 Å². The third kappa shape index (κ3) is 5.28. The van der Waals surface area contributed by atoms with Gasteiger partial charge in [-0.25, -0.2) is 4.39 Å². The van der Waals surface area contributed by atoms with Gasteiger partial charge in [-0.15, -0.1) is 15.3 Å². The zero-order valence-corrected chi connectivity index (χ0v) is 16.8. The van der Waals surface area contributed by atoms with Gasteiger partial charge in [0, 0.05) is 17.5 Å². The van der Waals surface area contributed by atoms with Crippen molar-refractivity contribution in [2.45, 2.75) is 39.5 Å². The lowest BCUT2D eigenvalue weighted by atomic mass is 9.97. The van der Waals surface area contributed by atoms with Gasteiger partial charge in [-0.1, -0.05) is 38.8 Å². The van der Waals surface area contributed by atoms with Crippen molar-refractivity contribution in [3.63, 3.8) is 0 Å². The largest absolute Gasteiger partial charge is 0.475 e. The Morgan fingerprint density at radius 2 is 1.97 bits per heavy atom. The lowest BCUT2D eigenvalue weighted by molar-refractivity contribution is -0.125. The van der Waals surface area contributed by atoms with Crippen LogP contribution in [0.5, 0.6) is 5.88 Å². The van der Waals surface area contributed by atoms with Gasteiger partial charge in [-0.2, -0.15) is 4.52 Å². The maximum atomic E-state index is 13.5. The Morgan fingerprint density at radius 1 is 1.17 bits per heavy atom. The van der Waals surface area contributed by atoms with Gasteiger partial charge >= 0.3 is 0 Å². The first-order valence-electron chi connectivity index (χ1n) is 10.0. The Labute approximate surface area is 169 Å². The van der Waals surface area contributed by atoms with Gasteiger partial charge in [-0.3, -0.25) is 4.79 Å². The van der Waals surface area contributed by atoms with E-state index in [-0.39, 0.29) is 17.6 Å². The van der Waals surface area contributed by atoms with Crippen LogP contribution < -0.4 is 10.1 Å². The first-order chi connectivity index (χ1) is 14.1. The lowest BCUT2D eigenvalue weighted by Gasteiger charge is -2.15. The molecule has 1 amide bonds. The molecular formula is C21H26FN5O2. The fourth-order valence-corrected chi connectivity index (χ4v) is 3.23. The summed E-state index contributed by atoms with van der Waals surface area (Å²) < 4.78 is 20.7. The molecule has 0 aliphatic heterocycles. The molecular weight excluding hydrogens is 373 g/mol. The van der Waals surface area contributed by atoms with Crippen molar-refractivity contribution >= 4 is 11.6 Å². The average molecular weight is 399 g/mol. The maximum absolute atomic E-state index is 13.5. The maximum Gasteiger partial charge on any atom is 0.231 e. The minimum Gasteiger partial charge on any atom is -0.475 e. The molecule has 8 heteroatoms. The third-order valence-corrected chi connectivity index (χ3v) is 4.62. The molecule has 0 unspecified atom stereocenters. The zero-order chi connectivity index (χ0) is 20.6. The predicted octanol–water partition coefficient (Wildman–Crippen LogP) is 3.64. The number of halogens is 1. The van der Waals surface area contributed by atoms with E-state index in [1.807, 2.05) is 0 Å². The first-order valence-corrected chi connectivity index (χ1v) is 10.0. The fraction of sp³-hybridized carbons (Fsp3) is 0.429. The summed E-state index contributed by atoms with van der Waals surface area (Å²) in [6.07, 6.45) is 3.78. The van der Waals surface area contributed by atoms with Gasteiger partial charge in [0.05, 0.1) is 6.54 Å². The Bertz CT molecular complexity index is 953. The van der Waals surface area contributed by atoms with Crippen LogP contribution in [0, 0.1) is 11.7 Å². The highest BCUT2D eigenvalue weighted by molar-refractivity contribution is 5.78. The van der Waals surface area contributed by atoms with Crippen LogP contribution >= 0.6 is 0 Å². The zero-order valence-electron chi connectivity index (χ0n) is 16.8. The minimum atomic E-state index is -0.355. The van der Waals surface area contributed by atoms with E-state index in [0.29, 0.717) is 36.1 Å². The van der Waals surface area contributed by atoms with Crippen molar-refractivity contribution < 1.29 is 13.9 Å². The standard InChI is InChI=1S/C21H26FN5O2/c1-3-6-15(7-4-2)21(28)23-12-13-29-19-11-10-18-24-25-20(27(18)26-19)16-8-5-9-17(22)14-16/h5,8-11,14-15H,3-4,6-7,12-13H2,1-2H3,(H,23,28). The van der Waals surface area contributed by atoms with E-state index in [1.165, 1.54) is 16.6 Å². The average Bonchev–Trinajstić information content (AvgIpc) is 3.14. The van der Waals surface area contributed by atoms with Crippen molar-refractivity contribution in [1.82, 2.24) is 25.1 Å². The van der Waals surface area contributed by atoms with Gasteiger partial charge in [0.2, 0.25) is 11.8 Å². The second kappa shape index (κ2) is 9.95. The molecule has 0 fully saturated rings. The van der Waals surface area contributed by atoms with Gasteiger partial charge in [-0.05, 0) is 31.0 Å². The van der Waals surface area contributed by atoms with Crippen molar-refractivity contribution in [1.29, 1.82) is 0 Å². The highest BCUT2D eigenvalue weighted by Crippen LogP contribution is 2.19. The van der Waals surface area contributed by atoms with Crippen LogP contribution in [-0.4, -0.2) is 38.9 Å². The summed E-state index contributed by atoms with van der Waals surface area (Å²) in [5, 5.41) is 15.5. The summed E-state index contributed by atoms with van der Waals surface area (Å²) in [5.41, 5.74) is 1.11. The van der Waals surface area contributed by atoms with Gasteiger partial charge in [0.15, 0.2) is 11.5 Å². The van der Waals surface area contributed by atoms with Gasteiger partial charge in [0.25, 0.3) is 0 Å². The summed E-state index contributed by atoms with van der Waals surface area (Å²) in [6, 6.07) is 9.53. The van der Waals surface area contributed by atoms with Crippen LogP contribution in [0.25, 0.3) is 17.0 Å². The van der Waals surface area contributed by atoms with E-state index >= 15 is 0 Å². The van der Waals surface area contributed by atoms with Crippen molar-refractivity contribution in [3.05, 3.63) is 42.2 Å². The quantitative estimate of drug-likeness (QED) is 0.527. The van der Waals surface area contributed by atoms with Crippen molar-refractivity contribution in [2.24, 2.45) is 5.92 Å². The Morgan fingerprint density at radius 3 is 2.69 bits per heavy atom. The molecule has 0 bridgehead atoms. The van der Waals surface area contributed by atoms with Crippen LogP contribution in [0.15, 0.2) is 36.4 Å². The molecule has 0 saturated heterocycles. The van der Waals surface area contributed by atoms with E-state index in [2.05, 4.69) is 34.5 Å². The number of carbonyl (C=O) groups is 1. The fourth-order valence-electron chi connectivity index (χ4n) is 3.23. The van der Waals surface area contributed by atoms with Crippen LogP contribution in [0.3, 0.4) is 0 Å². The Balaban J connectivity index is 1.61. The Kier molecular flexibility index (Phi) is 7.10. The molecule has 29 heavy (non-hydrogen) atoms. The number of hydrogen-bond acceptors (Lipinski definition) is 5. The molecule has 1 aromatic carbocycles. The molecule has 0 aliphatic carbocycles. The number of benzene rings is 1. The molecule has 0 saturated carbocycles. The van der Waals surface area contributed by atoms with E-state index < -0.39 is 0 Å². The number of rotatable bonds is 10. The molecule has 0 aliphatic rings. The molecule has 0 radical (unpaired) electrons.